The van der Waals surface area contributed by atoms with E-state index in [0.717, 1.165) is 4.90 Å². The third-order valence-electron chi connectivity index (χ3n) is 4.85. The molecule has 1 aromatic heterocycles. The Morgan fingerprint density at radius 1 is 1.09 bits per heavy atom. The monoisotopic (exact) mass is 534 g/mol. The molecular weight excluding hydrogens is 523 g/mol. The lowest BCUT2D eigenvalue weighted by atomic mass is 10.1. The molecule has 11 heteroatoms. The van der Waals surface area contributed by atoms with Gasteiger partial charge in [0.1, 0.15) is 17.1 Å². The molecule has 172 valence electrons. The predicted molar refractivity (Wildman–Crippen MR) is 133 cm³/mol. The van der Waals surface area contributed by atoms with Crippen LogP contribution >= 0.6 is 47.0 Å². The van der Waals surface area contributed by atoms with Crippen LogP contribution in [0.2, 0.25) is 15.1 Å². The molecule has 34 heavy (non-hydrogen) atoms. The number of benzene rings is 2. The molecule has 1 N–H and O–H groups in total. The second-order valence-corrected chi connectivity index (χ2v) is 8.50. The third kappa shape index (κ3) is 4.45. The number of thiocarbonyl (C=S) groups is 1. The first-order valence-electron chi connectivity index (χ1n) is 9.54. The van der Waals surface area contributed by atoms with Gasteiger partial charge in [0, 0.05) is 5.56 Å². The normalized spacial score (nSPS) is 15.0. The Morgan fingerprint density at radius 2 is 1.85 bits per heavy atom. The maximum Gasteiger partial charge on any atom is 0.339 e. The summed E-state index contributed by atoms with van der Waals surface area (Å²) in [6, 6.07) is 12.6. The van der Waals surface area contributed by atoms with Gasteiger partial charge in [-0.15, -0.1) is 0 Å². The number of furan rings is 1. The minimum Gasteiger partial charge on any atom is -0.465 e. The summed E-state index contributed by atoms with van der Waals surface area (Å²) in [6.07, 6.45) is 1.29. The second-order valence-electron chi connectivity index (χ2n) is 6.92. The van der Waals surface area contributed by atoms with Crippen molar-refractivity contribution in [3.63, 3.8) is 0 Å². The van der Waals surface area contributed by atoms with Gasteiger partial charge in [-0.25, -0.2) is 4.79 Å². The van der Waals surface area contributed by atoms with Crippen molar-refractivity contribution in [1.82, 2.24) is 5.32 Å². The standard InChI is InChI=1S/C23H13Cl3N2O5S/c1-32-22(31)13-7-5-11(9-16(13)25)18-8-6-12(33-18)10-14-20(29)27-23(34)28(21(14)30)17-4-2-3-15(24)19(17)26/h2-10H,1H3,(H,27,29,34)/b14-10+. The number of carbonyl (C=O) groups excluding carboxylic acids is 3. The van der Waals surface area contributed by atoms with Crippen LogP contribution in [0.1, 0.15) is 16.1 Å². The zero-order valence-corrected chi connectivity index (χ0v) is 20.3. The summed E-state index contributed by atoms with van der Waals surface area (Å²) in [6.45, 7) is 0. The van der Waals surface area contributed by atoms with Crippen LogP contribution in [-0.2, 0) is 14.3 Å². The maximum atomic E-state index is 13.2. The second kappa shape index (κ2) is 9.60. The van der Waals surface area contributed by atoms with Crippen molar-refractivity contribution in [1.29, 1.82) is 0 Å². The number of ether oxygens (including phenoxy) is 1. The molecule has 1 aliphatic rings. The van der Waals surface area contributed by atoms with Gasteiger partial charge < -0.3 is 9.15 Å². The molecule has 0 bridgehead atoms. The number of methoxy groups -OCH3 is 1. The molecular formula is C23H13Cl3N2O5S. The highest BCUT2D eigenvalue weighted by Gasteiger charge is 2.36. The lowest BCUT2D eigenvalue weighted by Crippen LogP contribution is -2.54. The average Bonchev–Trinajstić information content (AvgIpc) is 3.27. The van der Waals surface area contributed by atoms with Crippen molar-refractivity contribution in [2.45, 2.75) is 0 Å². The molecule has 4 rings (SSSR count). The third-order valence-corrected chi connectivity index (χ3v) is 6.25. The Kier molecular flexibility index (Phi) is 6.77. The number of hydrogen-bond acceptors (Lipinski definition) is 6. The Bertz CT molecular complexity index is 1400. The number of rotatable bonds is 4. The summed E-state index contributed by atoms with van der Waals surface area (Å²) in [5.74, 6) is -1.31. The minimum absolute atomic E-state index is 0.114. The van der Waals surface area contributed by atoms with Crippen molar-refractivity contribution >= 4 is 81.7 Å². The smallest absolute Gasteiger partial charge is 0.339 e. The number of anilines is 1. The van der Waals surface area contributed by atoms with E-state index in [1.54, 1.807) is 42.5 Å². The molecule has 1 saturated heterocycles. The first-order valence-corrected chi connectivity index (χ1v) is 11.1. The molecule has 0 radical (unpaired) electrons. The Labute approximate surface area is 213 Å². The van der Waals surface area contributed by atoms with E-state index in [0.29, 0.717) is 11.3 Å². The van der Waals surface area contributed by atoms with Crippen LogP contribution in [0.3, 0.4) is 0 Å². The fraction of sp³-hybridized carbons (Fsp3) is 0.0435. The van der Waals surface area contributed by atoms with Crippen LogP contribution in [0, 0.1) is 0 Å². The predicted octanol–water partition coefficient (Wildman–Crippen LogP) is 5.52. The first kappa shape index (κ1) is 24.0. The molecule has 1 aliphatic heterocycles. The fourth-order valence-corrected chi connectivity index (χ4v) is 4.12. The Morgan fingerprint density at radius 3 is 2.56 bits per heavy atom. The van der Waals surface area contributed by atoms with E-state index in [9.17, 15) is 14.4 Å². The van der Waals surface area contributed by atoms with Crippen molar-refractivity contribution in [3.8, 4) is 11.3 Å². The van der Waals surface area contributed by atoms with Gasteiger partial charge in [0.2, 0.25) is 0 Å². The SMILES string of the molecule is COC(=O)c1ccc(-c2ccc(/C=C3\C(=O)NC(=S)N(c4cccc(Cl)c4Cl)C3=O)o2)cc1Cl. The number of amides is 2. The molecule has 2 heterocycles. The Balaban J connectivity index is 1.67. The van der Waals surface area contributed by atoms with Gasteiger partial charge in [0.05, 0.1) is 33.4 Å². The molecule has 0 spiro atoms. The number of esters is 1. The van der Waals surface area contributed by atoms with Gasteiger partial charge in [-0.1, -0.05) is 46.9 Å². The quantitative estimate of drug-likeness (QED) is 0.205. The van der Waals surface area contributed by atoms with Gasteiger partial charge in [-0.3, -0.25) is 19.8 Å². The van der Waals surface area contributed by atoms with Crippen LogP contribution in [0.5, 0.6) is 0 Å². The number of carbonyl (C=O) groups is 3. The molecule has 2 aromatic carbocycles. The minimum atomic E-state index is -0.693. The number of hydrogen-bond donors (Lipinski definition) is 1. The summed E-state index contributed by atoms with van der Waals surface area (Å²) in [5.41, 5.74) is 0.803. The van der Waals surface area contributed by atoms with Crippen molar-refractivity contribution in [2.24, 2.45) is 0 Å². The topological polar surface area (TPSA) is 88.9 Å². The Hall–Kier alpha value is -3.17. The maximum absolute atomic E-state index is 13.2. The zero-order chi connectivity index (χ0) is 24.6. The van der Waals surface area contributed by atoms with Crippen LogP contribution < -0.4 is 10.2 Å². The number of nitrogens with zero attached hydrogens (tertiary/aromatic N) is 1. The van der Waals surface area contributed by atoms with E-state index < -0.39 is 17.8 Å². The molecule has 3 aromatic rings. The van der Waals surface area contributed by atoms with Gasteiger partial charge in [-0.2, -0.15) is 0 Å². The fourth-order valence-electron chi connectivity index (χ4n) is 3.21. The largest absolute Gasteiger partial charge is 0.465 e. The van der Waals surface area contributed by atoms with E-state index >= 15 is 0 Å². The highest BCUT2D eigenvalue weighted by Crippen LogP contribution is 2.35. The van der Waals surface area contributed by atoms with Gasteiger partial charge in [0.15, 0.2) is 5.11 Å². The molecule has 0 aliphatic carbocycles. The van der Waals surface area contributed by atoms with E-state index in [1.807, 2.05) is 0 Å². The molecule has 2 amide bonds. The van der Waals surface area contributed by atoms with Crippen LogP contribution in [0.15, 0.2) is 58.5 Å². The van der Waals surface area contributed by atoms with Crippen molar-refractivity contribution < 1.29 is 23.5 Å². The molecule has 7 nitrogen and oxygen atoms in total. The van der Waals surface area contributed by atoms with E-state index in [1.165, 1.54) is 19.3 Å². The highest BCUT2D eigenvalue weighted by atomic mass is 35.5. The summed E-state index contributed by atoms with van der Waals surface area (Å²) >= 11 is 23.7. The van der Waals surface area contributed by atoms with E-state index in [2.05, 4.69) is 10.1 Å². The summed E-state index contributed by atoms with van der Waals surface area (Å²) in [5, 5.41) is 2.87. The molecule has 1 fully saturated rings. The van der Waals surface area contributed by atoms with E-state index in [-0.39, 0.29) is 42.8 Å². The summed E-state index contributed by atoms with van der Waals surface area (Å²) < 4.78 is 10.5. The molecule has 0 saturated carbocycles. The number of halogens is 3. The van der Waals surface area contributed by atoms with Crippen LogP contribution in [0.25, 0.3) is 17.4 Å². The van der Waals surface area contributed by atoms with Crippen molar-refractivity contribution in [3.05, 3.63) is 80.5 Å². The summed E-state index contributed by atoms with van der Waals surface area (Å²) in [4.78, 5) is 38.5. The lowest BCUT2D eigenvalue weighted by molar-refractivity contribution is -0.122. The van der Waals surface area contributed by atoms with Gasteiger partial charge in [0.25, 0.3) is 11.8 Å². The zero-order valence-electron chi connectivity index (χ0n) is 17.2. The molecule has 0 atom stereocenters. The van der Waals surface area contributed by atoms with Crippen LogP contribution in [0.4, 0.5) is 5.69 Å². The van der Waals surface area contributed by atoms with Gasteiger partial charge >= 0.3 is 5.97 Å². The van der Waals surface area contributed by atoms with Crippen molar-refractivity contribution in [2.75, 3.05) is 12.0 Å². The van der Waals surface area contributed by atoms with E-state index in [4.69, 9.17) is 51.4 Å². The van der Waals surface area contributed by atoms with Crippen LogP contribution in [-0.4, -0.2) is 30.0 Å². The first-order chi connectivity index (χ1) is 16.2. The summed E-state index contributed by atoms with van der Waals surface area (Å²) in [7, 11) is 1.26. The lowest BCUT2D eigenvalue weighted by Gasteiger charge is -2.29. The highest BCUT2D eigenvalue weighted by molar-refractivity contribution is 7.80. The number of nitrogens with one attached hydrogen (secondary N) is 1. The van der Waals surface area contributed by atoms with Gasteiger partial charge in [-0.05, 0) is 54.7 Å². The average molecular weight is 536 g/mol. The molecule has 0 unspecified atom stereocenters.